The number of ether oxygens (including phenoxy) is 2. The van der Waals surface area contributed by atoms with Crippen LogP contribution in [0.15, 0.2) is 53.4 Å². The minimum Gasteiger partial charge on any atom is -0.497 e. The Morgan fingerprint density at radius 3 is 2.81 bits per heavy atom. The molecule has 0 spiro atoms. The Morgan fingerprint density at radius 2 is 2.08 bits per heavy atom. The summed E-state index contributed by atoms with van der Waals surface area (Å²) in [5.74, 6) is 1.17. The molecule has 3 aliphatic rings. The van der Waals surface area contributed by atoms with E-state index in [-0.39, 0.29) is 17.9 Å². The van der Waals surface area contributed by atoms with Gasteiger partial charge in [-0.05, 0) is 80.8 Å². The summed E-state index contributed by atoms with van der Waals surface area (Å²) in [6.07, 6.45) is 12.1. The van der Waals surface area contributed by atoms with Crippen molar-refractivity contribution < 1.29 is 23.5 Å². The maximum Gasteiger partial charge on any atom is 0.303 e. The van der Waals surface area contributed by atoms with Crippen LogP contribution in [0.5, 0.6) is 5.75 Å². The topological polar surface area (TPSA) is 81.0 Å². The monoisotopic (exact) mass is 492 g/mol. The molecule has 36 heavy (non-hydrogen) atoms. The number of likely N-dealkylation sites (tertiary alicyclic amines) is 1. The Morgan fingerprint density at radius 1 is 1.22 bits per heavy atom. The molecule has 5 rings (SSSR count). The molecule has 1 amide bonds. The van der Waals surface area contributed by atoms with Crippen LogP contribution in [0, 0.1) is 5.92 Å². The standard InChI is InChI=1S/C29H36N2O5/c1-21(32)36-29-12-10-25(30-27(33)9-8-23-11-15-35-19-23)17-28(29,24-4-3-5-26(16-24)34-2)13-14-31(20-29)18-22-6-7-22/h3-5,8-9,11,15-16,19,22,25H,6-7,10,12-14,17-18,20H2,1-2H3,(H,30,33)/t25-,28-,29-/m0/s1. The van der Waals surface area contributed by atoms with Gasteiger partial charge < -0.3 is 19.2 Å². The summed E-state index contributed by atoms with van der Waals surface area (Å²) in [6, 6.07) is 9.94. The molecule has 3 fully saturated rings. The summed E-state index contributed by atoms with van der Waals surface area (Å²) in [4.78, 5) is 27.8. The molecule has 1 saturated heterocycles. The third kappa shape index (κ3) is 5.07. The summed E-state index contributed by atoms with van der Waals surface area (Å²) in [5.41, 5.74) is 0.893. The number of esters is 1. The quantitative estimate of drug-likeness (QED) is 0.437. The first-order chi connectivity index (χ1) is 17.4. The number of methoxy groups -OCH3 is 1. The predicted molar refractivity (Wildman–Crippen MR) is 136 cm³/mol. The van der Waals surface area contributed by atoms with Crippen LogP contribution in [-0.4, -0.2) is 55.2 Å². The average molecular weight is 493 g/mol. The van der Waals surface area contributed by atoms with Gasteiger partial charge in [0.15, 0.2) is 0 Å². The Balaban J connectivity index is 1.45. The second-order valence-corrected chi connectivity index (χ2v) is 10.7. The number of benzene rings is 1. The second-order valence-electron chi connectivity index (χ2n) is 10.7. The number of hydrogen-bond donors (Lipinski definition) is 1. The van der Waals surface area contributed by atoms with Crippen LogP contribution in [0.1, 0.15) is 56.6 Å². The number of piperidine rings is 1. The van der Waals surface area contributed by atoms with Crippen LogP contribution in [0.3, 0.4) is 0 Å². The lowest BCUT2D eigenvalue weighted by molar-refractivity contribution is -0.187. The molecule has 0 bridgehead atoms. The largest absolute Gasteiger partial charge is 0.497 e. The highest BCUT2D eigenvalue weighted by molar-refractivity contribution is 5.91. The molecule has 7 heteroatoms. The van der Waals surface area contributed by atoms with E-state index in [1.165, 1.54) is 19.8 Å². The summed E-state index contributed by atoms with van der Waals surface area (Å²) in [7, 11) is 1.67. The Hall–Kier alpha value is -3.06. The van der Waals surface area contributed by atoms with Crippen molar-refractivity contribution in [3.63, 3.8) is 0 Å². The molecule has 0 unspecified atom stereocenters. The van der Waals surface area contributed by atoms with E-state index in [0.29, 0.717) is 12.8 Å². The number of rotatable bonds is 8. The Bertz CT molecular complexity index is 1110. The van der Waals surface area contributed by atoms with E-state index < -0.39 is 11.0 Å². The van der Waals surface area contributed by atoms with E-state index in [4.69, 9.17) is 13.9 Å². The zero-order valence-electron chi connectivity index (χ0n) is 21.2. The minimum atomic E-state index is -0.647. The first-order valence-corrected chi connectivity index (χ1v) is 13.0. The summed E-state index contributed by atoms with van der Waals surface area (Å²) >= 11 is 0. The SMILES string of the molecule is COc1cccc([C@@]23CCN(CC4CC4)C[C@@]2(OC(C)=O)CC[C@H](NC(=O)C=Cc2ccoc2)C3)c1. The number of nitrogens with one attached hydrogen (secondary N) is 1. The first-order valence-electron chi connectivity index (χ1n) is 13.0. The lowest BCUT2D eigenvalue weighted by Crippen LogP contribution is -2.68. The molecule has 1 N–H and O–H groups in total. The summed E-state index contributed by atoms with van der Waals surface area (Å²) in [6.45, 7) is 4.24. The van der Waals surface area contributed by atoms with Crippen LogP contribution in [-0.2, 0) is 19.7 Å². The zero-order valence-corrected chi connectivity index (χ0v) is 21.2. The van der Waals surface area contributed by atoms with Crippen molar-refractivity contribution in [1.82, 2.24) is 10.2 Å². The van der Waals surface area contributed by atoms with Crippen LogP contribution in [0.2, 0.25) is 0 Å². The third-order valence-corrected chi connectivity index (χ3v) is 8.19. The van der Waals surface area contributed by atoms with Crippen molar-refractivity contribution in [3.05, 3.63) is 60.1 Å². The molecule has 2 aromatic rings. The van der Waals surface area contributed by atoms with Gasteiger partial charge in [-0.1, -0.05) is 12.1 Å². The fraction of sp³-hybridized carbons (Fsp3) is 0.517. The normalized spacial score (nSPS) is 28.4. The highest BCUT2D eigenvalue weighted by atomic mass is 16.6. The van der Waals surface area contributed by atoms with E-state index >= 15 is 0 Å². The Kier molecular flexibility index (Phi) is 6.93. The van der Waals surface area contributed by atoms with E-state index in [9.17, 15) is 9.59 Å². The van der Waals surface area contributed by atoms with Crippen LogP contribution in [0.25, 0.3) is 6.08 Å². The first kappa shape index (κ1) is 24.6. The smallest absolute Gasteiger partial charge is 0.303 e. The molecule has 3 atom stereocenters. The van der Waals surface area contributed by atoms with Gasteiger partial charge in [-0.3, -0.25) is 14.5 Å². The van der Waals surface area contributed by atoms with Crippen LogP contribution >= 0.6 is 0 Å². The van der Waals surface area contributed by atoms with E-state index in [1.807, 2.05) is 18.2 Å². The number of fused-ring (bicyclic) bond motifs is 1. The third-order valence-electron chi connectivity index (χ3n) is 8.19. The molecule has 2 heterocycles. The average Bonchev–Trinajstić information content (AvgIpc) is 3.52. The zero-order chi connectivity index (χ0) is 25.2. The molecule has 1 aliphatic heterocycles. The van der Waals surface area contributed by atoms with Crippen molar-refractivity contribution in [3.8, 4) is 5.75 Å². The molecule has 2 saturated carbocycles. The minimum absolute atomic E-state index is 0.0311. The van der Waals surface area contributed by atoms with Gasteiger partial charge in [-0.2, -0.15) is 0 Å². The summed E-state index contributed by atoms with van der Waals surface area (Å²) in [5, 5.41) is 3.22. The van der Waals surface area contributed by atoms with E-state index in [0.717, 1.165) is 55.3 Å². The van der Waals surface area contributed by atoms with Crippen LogP contribution in [0.4, 0.5) is 0 Å². The van der Waals surface area contributed by atoms with E-state index in [1.54, 1.807) is 31.8 Å². The van der Waals surface area contributed by atoms with Gasteiger partial charge in [0, 0.05) is 43.1 Å². The van der Waals surface area contributed by atoms with Gasteiger partial charge in [-0.15, -0.1) is 0 Å². The molecule has 192 valence electrons. The van der Waals surface area contributed by atoms with Gasteiger partial charge in [-0.25, -0.2) is 0 Å². The molecule has 7 nitrogen and oxygen atoms in total. The van der Waals surface area contributed by atoms with Crippen molar-refractivity contribution in [2.24, 2.45) is 5.92 Å². The fourth-order valence-corrected chi connectivity index (χ4v) is 6.34. The summed E-state index contributed by atoms with van der Waals surface area (Å²) < 4.78 is 17.0. The number of carbonyl (C=O) groups is 2. The van der Waals surface area contributed by atoms with Crippen molar-refractivity contribution in [2.45, 2.75) is 62.5 Å². The van der Waals surface area contributed by atoms with Gasteiger partial charge in [0.2, 0.25) is 5.91 Å². The van der Waals surface area contributed by atoms with Gasteiger partial charge in [0.05, 0.1) is 19.6 Å². The predicted octanol–water partition coefficient (Wildman–Crippen LogP) is 4.33. The number of amides is 1. The van der Waals surface area contributed by atoms with Gasteiger partial charge in [0.1, 0.15) is 11.4 Å². The van der Waals surface area contributed by atoms with Crippen LogP contribution < -0.4 is 10.1 Å². The Labute approximate surface area is 212 Å². The lowest BCUT2D eigenvalue weighted by atomic mass is 9.55. The number of carbonyl (C=O) groups excluding carboxylic acids is 2. The highest BCUT2D eigenvalue weighted by Crippen LogP contribution is 2.54. The fourth-order valence-electron chi connectivity index (χ4n) is 6.34. The molecule has 2 aliphatic carbocycles. The van der Waals surface area contributed by atoms with Crippen molar-refractivity contribution >= 4 is 18.0 Å². The maximum absolute atomic E-state index is 12.8. The molecular formula is C29H36N2O5. The molecule has 1 aromatic heterocycles. The molecule has 1 aromatic carbocycles. The number of hydrogen-bond acceptors (Lipinski definition) is 6. The molecular weight excluding hydrogens is 456 g/mol. The van der Waals surface area contributed by atoms with E-state index in [2.05, 4.69) is 22.3 Å². The number of nitrogens with zero attached hydrogens (tertiary/aromatic N) is 1. The maximum atomic E-state index is 12.8. The van der Waals surface area contributed by atoms with Gasteiger partial charge >= 0.3 is 5.97 Å². The highest BCUT2D eigenvalue weighted by Gasteiger charge is 2.61. The van der Waals surface area contributed by atoms with Crippen molar-refractivity contribution in [1.29, 1.82) is 0 Å². The number of furan rings is 1. The van der Waals surface area contributed by atoms with Gasteiger partial charge in [0.25, 0.3) is 0 Å². The molecule has 0 radical (unpaired) electrons. The second kappa shape index (κ2) is 10.1. The lowest BCUT2D eigenvalue weighted by Gasteiger charge is -2.59. The van der Waals surface area contributed by atoms with Crippen molar-refractivity contribution in [2.75, 3.05) is 26.7 Å².